The molecule has 0 saturated carbocycles. The number of nitrogens with zero attached hydrogens (tertiary/aromatic N) is 3. The molecule has 1 fully saturated rings. The van der Waals surface area contributed by atoms with E-state index in [1.807, 2.05) is 35.4 Å². The van der Waals surface area contributed by atoms with Crippen LogP contribution < -0.4 is 0 Å². The van der Waals surface area contributed by atoms with Crippen molar-refractivity contribution in [1.82, 2.24) is 9.91 Å². The van der Waals surface area contributed by atoms with Crippen LogP contribution in [0.3, 0.4) is 0 Å². The van der Waals surface area contributed by atoms with Crippen molar-refractivity contribution in [2.24, 2.45) is 11.0 Å². The predicted molar refractivity (Wildman–Crippen MR) is 99.4 cm³/mol. The van der Waals surface area contributed by atoms with Crippen LogP contribution in [-0.4, -0.2) is 35.2 Å². The van der Waals surface area contributed by atoms with E-state index in [2.05, 4.69) is 41.5 Å². The van der Waals surface area contributed by atoms with E-state index in [4.69, 9.17) is 0 Å². The maximum absolute atomic E-state index is 13.0. The SMILES string of the molecule is O=C(N1CCC(Cc2ccccc2)C1)N1N=CCC1c1ccccc1. The molecule has 0 aromatic heterocycles. The highest BCUT2D eigenvalue weighted by Crippen LogP contribution is 2.30. The molecule has 0 bridgehead atoms. The van der Waals surface area contributed by atoms with Gasteiger partial charge in [-0.1, -0.05) is 60.7 Å². The molecule has 2 aromatic rings. The molecular weight excluding hydrogens is 310 g/mol. The molecule has 0 spiro atoms. The number of carbonyl (C=O) groups excluding carboxylic acids is 1. The number of hydrogen-bond donors (Lipinski definition) is 0. The van der Waals surface area contributed by atoms with Crippen LogP contribution in [0, 0.1) is 5.92 Å². The van der Waals surface area contributed by atoms with Gasteiger partial charge in [-0.05, 0) is 29.9 Å². The van der Waals surface area contributed by atoms with Crippen molar-refractivity contribution in [3.63, 3.8) is 0 Å². The lowest BCUT2D eigenvalue weighted by atomic mass is 9.99. The van der Waals surface area contributed by atoms with Gasteiger partial charge in [0, 0.05) is 25.7 Å². The summed E-state index contributed by atoms with van der Waals surface area (Å²) >= 11 is 0. The van der Waals surface area contributed by atoms with Gasteiger partial charge in [-0.3, -0.25) is 0 Å². The summed E-state index contributed by atoms with van der Waals surface area (Å²) in [6, 6.07) is 20.8. The van der Waals surface area contributed by atoms with E-state index in [1.165, 1.54) is 5.56 Å². The van der Waals surface area contributed by atoms with Crippen molar-refractivity contribution in [2.75, 3.05) is 13.1 Å². The van der Waals surface area contributed by atoms with Crippen LogP contribution in [0.4, 0.5) is 4.79 Å². The molecule has 2 aliphatic rings. The van der Waals surface area contributed by atoms with Gasteiger partial charge in [-0.15, -0.1) is 0 Å². The van der Waals surface area contributed by atoms with Gasteiger partial charge >= 0.3 is 6.03 Å². The third-order valence-corrected chi connectivity index (χ3v) is 5.13. The maximum Gasteiger partial charge on any atom is 0.341 e. The standard InChI is InChI=1S/C21H23N3O/c25-21(24-20(11-13-22-24)19-9-5-2-6-10-19)23-14-12-18(16-23)15-17-7-3-1-4-8-17/h1-10,13,18,20H,11-12,14-16H2. The van der Waals surface area contributed by atoms with Crippen LogP contribution in [0.1, 0.15) is 30.0 Å². The van der Waals surface area contributed by atoms with Crippen LogP contribution in [-0.2, 0) is 6.42 Å². The molecule has 1 saturated heterocycles. The maximum atomic E-state index is 13.0. The summed E-state index contributed by atoms with van der Waals surface area (Å²) < 4.78 is 0. The highest BCUT2D eigenvalue weighted by atomic mass is 16.2. The van der Waals surface area contributed by atoms with E-state index < -0.39 is 0 Å². The number of hydrazone groups is 1. The smallest absolute Gasteiger partial charge is 0.323 e. The summed E-state index contributed by atoms with van der Waals surface area (Å²) in [7, 11) is 0. The minimum absolute atomic E-state index is 0.0295. The molecule has 2 amide bonds. The molecule has 2 aliphatic heterocycles. The second-order valence-electron chi connectivity index (χ2n) is 6.88. The van der Waals surface area contributed by atoms with Crippen LogP contribution in [0.2, 0.25) is 0 Å². The van der Waals surface area contributed by atoms with Crippen LogP contribution in [0.5, 0.6) is 0 Å². The Hall–Kier alpha value is -2.62. The van der Waals surface area contributed by atoms with Crippen LogP contribution >= 0.6 is 0 Å². The van der Waals surface area contributed by atoms with Gasteiger partial charge in [0.05, 0.1) is 6.04 Å². The van der Waals surface area contributed by atoms with Gasteiger partial charge in [0.15, 0.2) is 0 Å². The normalized spacial score (nSPS) is 22.6. The Labute approximate surface area is 148 Å². The zero-order chi connectivity index (χ0) is 17.1. The van der Waals surface area contributed by atoms with Crippen molar-refractivity contribution in [2.45, 2.75) is 25.3 Å². The largest absolute Gasteiger partial charge is 0.341 e. The molecule has 128 valence electrons. The predicted octanol–water partition coefficient (Wildman–Crippen LogP) is 4.10. The van der Waals surface area contributed by atoms with Crippen molar-refractivity contribution >= 4 is 12.2 Å². The molecule has 0 aliphatic carbocycles. The molecule has 25 heavy (non-hydrogen) atoms. The first-order valence-corrected chi connectivity index (χ1v) is 9.01. The van der Waals surface area contributed by atoms with Crippen molar-refractivity contribution < 1.29 is 4.79 Å². The second kappa shape index (κ2) is 7.09. The number of likely N-dealkylation sites (tertiary alicyclic amines) is 1. The summed E-state index contributed by atoms with van der Waals surface area (Å²) in [4.78, 5) is 14.9. The lowest BCUT2D eigenvalue weighted by Crippen LogP contribution is -2.39. The minimum atomic E-state index is 0.0295. The van der Waals surface area contributed by atoms with Crippen molar-refractivity contribution in [3.8, 4) is 0 Å². The number of hydrogen-bond acceptors (Lipinski definition) is 2. The van der Waals surface area contributed by atoms with E-state index in [1.54, 1.807) is 5.01 Å². The topological polar surface area (TPSA) is 35.9 Å². The average molecular weight is 333 g/mol. The Morgan fingerprint density at radius 3 is 2.52 bits per heavy atom. The second-order valence-corrected chi connectivity index (χ2v) is 6.88. The Bertz CT molecular complexity index is 744. The zero-order valence-electron chi connectivity index (χ0n) is 14.3. The zero-order valence-corrected chi connectivity index (χ0v) is 14.3. The Morgan fingerprint density at radius 1 is 1.04 bits per heavy atom. The summed E-state index contributed by atoms with van der Waals surface area (Å²) in [6.07, 6.45) is 4.74. The summed E-state index contributed by atoms with van der Waals surface area (Å²) in [5.41, 5.74) is 2.50. The summed E-state index contributed by atoms with van der Waals surface area (Å²) in [5, 5.41) is 6.03. The van der Waals surface area contributed by atoms with E-state index in [0.29, 0.717) is 5.92 Å². The highest BCUT2D eigenvalue weighted by Gasteiger charge is 2.34. The molecule has 2 atom stereocenters. The lowest BCUT2D eigenvalue weighted by molar-refractivity contribution is 0.150. The summed E-state index contributed by atoms with van der Waals surface area (Å²) in [6.45, 7) is 1.64. The highest BCUT2D eigenvalue weighted by molar-refractivity contribution is 5.78. The molecular formula is C21H23N3O. The first-order chi connectivity index (χ1) is 12.3. The molecule has 4 heteroatoms. The molecule has 2 unspecified atom stereocenters. The molecule has 2 aromatic carbocycles. The van der Waals surface area contributed by atoms with Gasteiger partial charge in [-0.25, -0.2) is 9.80 Å². The number of rotatable bonds is 3. The number of amides is 2. The number of carbonyl (C=O) groups is 1. The third-order valence-electron chi connectivity index (χ3n) is 5.13. The molecule has 0 radical (unpaired) electrons. The van der Waals surface area contributed by atoms with Gasteiger partial charge in [0.1, 0.15) is 0 Å². The number of benzene rings is 2. The third kappa shape index (κ3) is 3.43. The molecule has 4 nitrogen and oxygen atoms in total. The van der Waals surface area contributed by atoms with E-state index in [0.717, 1.165) is 37.9 Å². The van der Waals surface area contributed by atoms with Crippen LogP contribution in [0.25, 0.3) is 0 Å². The molecule has 4 rings (SSSR count). The van der Waals surface area contributed by atoms with Crippen molar-refractivity contribution in [1.29, 1.82) is 0 Å². The van der Waals surface area contributed by atoms with Crippen LogP contribution in [0.15, 0.2) is 65.8 Å². The molecule has 2 heterocycles. The van der Waals surface area contributed by atoms with Gasteiger partial charge in [-0.2, -0.15) is 5.10 Å². The van der Waals surface area contributed by atoms with Crippen molar-refractivity contribution in [3.05, 3.63) is 71.8 Å². The fraction of sp³-hybridized carbons (Fsp3) is 0.333. The number of urea groups is 1. The van der Waals surface area contributed by atoms with E-state index >= 15 is 0 Å². The Morgan fingerprint density at radius 2 is 1.76 bits per heavy atom. The molecule has 0 N–H and O–H groups in total. The van der Waals surface area contributed by atoms with E-state index in [-0.39, 0.29) is 12.1 Å². The van der Waals surface area contributed by atoms with Gasteiger partial charge in [0.25, 0.3) is 0 Å². The van der Waals surface area contributed by atoms with E-state index in [9.17, 15) is 4.79 Å². The average Bonchev–Trinajstić information content (AvgIpc) is 3.32. The van der Waals surface area contributed by atoms with Gasteiger partial charge < -0.3 is 4.90 Å². The lowest BCUT2D eigenvalue weighted by Gasteiger charge is -2.27. The summed E-state index contributed by atoms with van der Waals surface area (Å²) in [5.74, 6) is 0.535. The van der Waals surface area contributed by atoms with Gasteiger partial charge in [0.2, 0.25) is 0 Å². The first kappa shape index (κ1) is 15.9. The fourth-order valence-corrected chi connectivity index (χ4v) is 3.82. The minimum Gasteiger partial charge on any atom is -0.323 e. The quantitative estimate of drug-likeness (QED) is 0.833. The Kier molecular flexibility index (Phi) is 4.51. The first-order valence-electron chi connectivity index (χ1n) is 9.01. The Balaban J connectivity index is 1.40. The fourth-order valence-electron chi connectivity index (χ4n) is 3.82. The monoisotopic (exact) mass is 333 g/mol.